The topological polar surface area (TPSA) is 95.6 Å². The lowest BCUT2D eigenvalue weighted by Gasteiger charge is -2.29. The third kappa shape index (κ3) is 2.40. The van der Waals surface area contributed by atoms with Crippen LogP contribution in [0.5, 0.6) is 0 Å². The van der Waals surface area contributed by atoms with E-state index >= 15 is 0 Å². The highest BCUT2D eigenvalue weighted by Gasteiger charge is 2.30. The van der Waals surface area contributed by atoms with E-state index in [1.54, 1.807) is 13.8 Å². The van der Waals surface area contributed by atoms with E-state index in [0.29, 0.717) is 17.7 Å². The molecule has 0 saturated carbocycles. The highest BCUT2D eigenvalue weighted by molar-refractivity contribution is 5.95. The minimum Gasteiger partial charge on any atom is -0.394 e. The molecule has 0 radical (unpaired) electrons. The highest BCUT2D eigenvalue weighted by Crippen LogP contribution is 2.12. The second-order valence-corrected chi connectivity index (χ2v) is 3.70. The number of carbonyl (C=O) groups excluding carboxylic acids is 1. The molecule has 90 valence electrons. The average Bonchev–Trinajstić information content (AvgIpc) is 2.72. The van der Waals surface area contributed by atoms with Crippen LogP contribution in [-0.2, 0) is 0 Å². The van der Waals surface area contributed by atoms with E-state index in [1.165, 1.54) is 6.20 Å². The van der Waals surface area contributed by atoms with Crippen molar-refractivity contribution in [3.63, 3.8) is 0 Å². The second kappa shape index (κ2) is 5.09. The minimum atomic E-state index is -0.999. The Hall–Kier alpha value is -1.40. The fourth-order valence-corrected chi connectivity index (χ4v) is 1.27. The van der Waals surface area contributed by atoms with E-state index < -0.39 is 11.4 Å². The van der Waals surface area contributed by atoms with Gasteiger partial charge in [0.2, 0.25) is 0 Å². The molecule has 0 fully saturated rings. The molecule has 1 heterocycles. The lowest BCUT2D eigenvalue weighted by atomic mass is 9.98. The summed E-state index contributed by atoms with van der Waals surface area (Å²) in [6.07, 6.45) is 1.73. The van der Waals surface area contributed by atoms with Crippen LogP contribution in [0, 0.1) is 6.92 Å². The lowest BCUT2D eigenvalue weighted by Crippen LogP contribution is -2.53. The number of aliphatic hydroxyl groups is 2. The van der Waals surface area contributed by atoms with Crippen molar-refractivity contribution >= 4 is 5.91 Å². The van der Waals surface area contributed by atoms with Gasteiger partial charge in [-0.1, -0.05) is 12.1 Å². The summed E-state index contributed by atoms with van der Waals surface area (Å²) in [5.74, 6) is -0.0120. The first-order chi connectivity index (χ1) is 7.58. The largest absolute Gasteiger partial charge is 0.394 e. The molecular weight excluding hydrogens is 212 g/mol. The first kappa shape index (κ1) is 12.7. The molecule has 0 saturated heterocycles. The fraction of sp³-hybridized carbons (Fsp3) is 0.600. The van der Waals surface area contributed by atoms with Crippen LogP contribution in [0.2, 0.25) is 0 Å². The Bertz CT molecular complexity index is 349. The van der Waals surface area contributed by atoms with Crippen molar-refractivity contribution in [1.29, 1.82) is 0 Å². The maximum absolute atomic E-state index is 11.8. The van der Waals surface area contributed by atoms with Gasteiger partial charge in [-0.3, -0.25) is 4.79 Å². The van der Waals surface area contributed by atoms with Gasteiger partial charge >= 0.3 is 0 Å². The van der Waals surface area contributed by atoms with E-state index in [-0.39, 0.29) is 13.2 Å². The van der Waals surface area contributed by atoms with Crippen molar-refractivity contribution in [3.05, 3.63) is 17.5 Å². The maximum Gasteiger partial charge on any atom is 0.257 e. The number of aromatic nitrogens is 1. The SMILES string of the molecule is CCC(CO)(CO)NC(=O)c1cnoc1C. The molecule has 6 nitrogen and oxygen atoms in total. The molecule has 0 aromatic carbocycles. The average molecular weight is 228 g/mol. The number of nitrogens with one attached hydrogen (secondary N) is 1. The monoisotopic (exact) mass is 228 g/mol. The molecule has 6 heteroatoms. The van der Waals surface area contributed by atoms with Crippen molar-refractivity contribution in [2.75, 3.05) is 13.2 Å². The van der Waals surface area contributed by atoms with Crippen molar-refractivity contribution in [1.82, 2.24) is 10.5 Å². The smallest absolute Gasteiger partial charge is 0.257 e. The minimum absolute atomic E-state index is 0.305. The fourth-order valence-electron chi connectivity index (χ4n) is 1.27. The number of aryl methyl sites for hydroxylation is 1. The number of carbonyl (C=O) groups is 1. The van der Waals surface area contributed by atoms with Crippen LogP contribution in [0.4, 0.5) is 0 Å². The molecule has 1 rings (SSSR count). The zero-order chi connectivity index (χ0) is 12.2. The van der Waals surface area contributed by atoms with Crippen molar-refractivity contribution in [3.8, 4) is 0 Å². The van der Waals surface area contributed by atoms with Crippen LogP contribution < -0.4 is 5.32 Å². The summed E-state index contributed by atoms with van der Waals surface area (Å²) >= 11 is 0. The van der Waals surface area contributed by atoms with Gasteiger partial charge in [0.05, 0.1) is 24.9 Å². The molecule has 1 aromatic heterocycles. The third-order valence-corrected chi connectivity index (χ3v) is 2.66. The van der Waals surface area contributed by atoms with Gasteiger partial charge in [0.1, 0.15) is 11.3 Å². The number of rotatable bonds is 5. The summed E-state index contributed by atoms with van der Waals surface area (Å²) in [6, 6.07) is 0. The zero-order valence-corrected chi connectivity index (χ0v) is 9.36. The van der Waals surface area contributed by atoms with Gasteiger partial charge in [0.25, 0.3) is 5.91 Å². The normalized spacial score (nSPS) is 11.5. The van der Waals surface area contributed by atoms with Crippen LogP contribution >= 0.6 is 0 Å². The number of aliphatic hydroxyl groups excluding tert-OH is 2. The van der Waals surface area contributed by atoms with Gasteiger partial charge in [0.15, 0.2) is 0 Å². The summed E-state index contributed by atoms with van der Waals surface area (Å²) in [4.78, 5) is 11.8. The summed E-state index contributed by atoms with van der Waals surface area (Å²) < 4.78 is 4.77. The second-order valence-electron chi connectivity index (χ2n) is 3.70. The molecule has 3 N–H and O–H groups in total. The Kier molecular flexibility index (Phi) is 4.03. The van der Waals surface area contributed by atoms with Gasteiger partial charge in [-0.05, 0) is 13.3 Å². The number of amides is 1. The van der Waals surface area contributed by atoms with Crippen LogP contribution in [0.25, 0.3) is 0 Å². The molecule has 1 aromatic rings. The van der Waals surface area contributed by atoms with Crippen molar-refractivity contribution < 1.29 is 19.5 Å². The van der Waals surface area contributed by atoms with Crippen molar-refractivity contribution in [2.24, 2.45) is 0 Å². The molecule has 0 bridgehead atoms. The summed E-state index contributed by atoms with van der Waals surface area (Å²) in [5.41, 5.74) is -0.694. The van der Waals surface area contributed by atoms with Gasteiger partial charge in [0, 0.05) is 0 Å². The zero-order valence-electron chi connectivity index (χ0n) is 9.36. The van der Waals surface area contributed by atoms with Crippen LogP contribution in [0.1, 0.15) is 29.5 Å². The molecule has 0 unspecified atom stereocenters. The molecule has 16 heavy (non-hydrogen) atoms. The Balaban J connectivity index is 2.81. The van der Waals surface area contributed by atoms with Gasteiger partial charge < -0.3 is 20.1 Å². The van der Waals surface area contributed by atoms with Gasteiger partial charge in [-0.25, -0.2) is 0 Å². The first-order valence-electron chi connectivity index (χ1n) is 5.04. The van der Waals surface area contributed by atoms with E-state index in [2.05, 4.69) is 10.5 Å². The third-order valence-electron chi connectivity index (χ3n) is 2.66. The van der Waals surface area contributed by atoms with Crippen LogP contribution in [-0.4, -0.2) is 40.0 Å². The quantitative estimate of drug-likeness (QED) is 0.651. The van der Waals surface area contributed by atoms with E-state index in [9.17, 15) is 15.0 Å². The molecule has 0 atom stereocenters. The Morgan fingerprint density at radius 1 is 1.56 bits per heavy atom. The van der Waals surface area contributed by atoms with Crippen molar-refractivity contribution in [2.45, 2.75) is 25.8 Å². The Morgan fingerprint density at radius 3 is 2.56 bits per heavy atom. The molecule has 0 spiro atoms. The summed E-state index contributed by atoms with van der Waals surface area (Å²) in [7, 11) is 0. The van der Waals surface area contributed by atoms with Gasteiger partial charge in [-0.15, -0.1) is 0 Å². The van der Waals surface area contributed by atoms with E-state index in [0.717, 1.165) is 0 Å². The lowest BCUT2D eigenvalue weighted by molar-refractivity contribution is 0.0651. The first-order valence-corrected chi connectivity index (χ1v) is 5.04. The number of nitrogens with zero attached hydrogens (tertiary/aromatic N) is 1. The molecule has 1 amide bonds. The maximum atomic E-state index is 11.8. The molecule has 0 aliphatic carbocycles. The predicted molar refractivity (Wildman–Crippen MR) is 55.9 cm³/mol. The predicted octanol–water partition coefficient (Wildman–Crippen LogP) is -0.154. The molecule has 0 aliphatic heterocycles. The van der Waals surface area contributed by atoms with Gasteiger partial charge in [-0.2, -0.15) is 0 Å². The summed E-state index contributed by atoms with van der Waals surface area (Å²) in [5, 5.41) is 24.4. The Labute approximate surface area is 93.3 Å². The Morgan fingerprint density at radius 2 is 2.19 bits per heavy atom. The number of hydrogen-bond acceptors (Lipinski definition) is 5. The van der Waals surface area contributed by atoms with E-state index in [4.69, 9.17) is 4.52 Å². The summed E-state index contributed by atoms with van der Waals surface area (Å²) in [6.45, 7) is 2.74. The van der Waals surface area contributed by atoms with E-state index in [1.807, 2.05) is 0 Å². The highest BCUT2D eigenvalue weighted by atomic mass is 16.5. The van der Waals surface area contributed by atoms with Crippen LogP contribution in [0.15, 0.2) is 10.7 Å². The molecular formula is C10H16N2O4. The number of hydrogen-bond donors (Lipinski definition) is 3. The van der Waals surface area contributed by atoms with Crippen LogP contribution in [0.3, 0.4) is 0 Å². The standard InChI is InChI=1S/C10H16N2O4/c1-3-10(5-13,6-14)12-9(15)8-4-11-16-7(8)2/h4,13-14H,3,5-6H2,1-2H3,(H,12,15). The molecule has 0 aliphatic rings.